The lowest BCUT2D eigenvalue weighted by Gasteiger charge is -2.10. The van der Waals surface area contributed by atoms with Gasteiger partial charge >= 0.3 is 0 Å². The van der Waals surface area contributed by atoms with Gasteiger partial charge in [0.25, 0.3) is 0 Å². The monoisotopic (exact) mass is 366 g/mol. The van der Waals surface area contributed by atoms with E-state index in [2.05, 4.69) is 31.9 Å². The van der Waals surface area contributed by atoms with Crippen LogP contribution in [0.15, 0.2) is 8.95 Å². The van der Waals surface area contributed by atoms with Gasteiger partial charge in [0, 0.05) is 0 Å². The van der Waals surface area contributed by atoms with E-state index in [0.717, 1.165) is 0 Å². The Labute approximate surface area is 108 Å². The van der Waals surface area contributed by atoms with E-state index in [1.807, 2.05) is 0 Å². The molecule has 0 fully saturated rings. The van der Waals surface area contributed by atoms with Gasteiger partial charge in [0.05, 0.1) is 31.1 Å². The van der Waals surface area contributed by atoms with Crippen molar-refractivity contribution in [2.75, 3.05) is 7.11 Å². The molecule has 72 valence electrons. The number of rotatable bonds is 1. The summed E-state index contributed by atoms with van der Waals surface area (Å²) < 4.78 is 6.23. The molecule has 0 aliphatic rings. The van der Waals surface area contributed by atoms with Gasteiger partial charge in [-0.1, -0.05) is 34.8 Å². The highest BCUT2D eigenvalue weighted by Crippen LogP contribution is 2.48. The molecule has 0 radical (unpaired) electrons. The van der Waals surface area contributed by atoms with E-state index in [0.29, 0.717) is 29.8 Å². The minimum Gasteiger partial charge on any atom is -0.494 e. The van der Waals surface area contributed by atoms with Crippen LogP contribution in [0.1, 0.15) is 0 Å². The number of hydrogen-bond donors (Lipinski definition) is 0. The molecule has 0 N–H and O–H groups in total. The molecular formula is C7H3Br2Cl3O. The molecular weight excluding hydrogens is 366 g/mol. The van der Waals surface area contributed by atoms with Crippen LogP contribution < -0.4 is 4.74 Å². The Hall–Kier alpha value is 0.850. The molecule has 1 aromatic rings. The van der Waals surface area contributed by atoms with Gasteiger partial charge in [-0.05, 0) is 31.9 Å². The summed E-state index contributed by atoms with van der Waals surface area (Å²) in [5, 5.41) is 0.973. The van der Waals surface area contributed by atoms with Crippen molar-refractivity contribution in [1.82, 2.24) is 0 Å². The standard InChI is InChI=1S/C7H3Br2Cl3O/c1-13-7-2(8)4(10)6(12)5(11)3(7)9/h1H3. The molecule has 0 unspecified atom stereocenters. The second-order valence-electron chi connectivity index (χ2n) is 2.10. The van der Waals surface area contributed by atoms with Gasteiger partial charge in [0.1, 0.15) is 5.75 Å². The van der Waals surface area contributed by atoms with E-state index < -0.39 is 0 Å². The van der Waals surface area contributed by atoms with Gasteiger partial charge in [-0.3, -0.25) is 0 Å². The average Bonchev–Trinajstić information content (AvgIpc) is 2.13. The summed E-state index contributed by atoms with van der Waals surface area (Å²) in [5.74, 6) is 0.527. The number of halogens is 5. The third kappa shape index (κ3) is 2.10. The van der Waals surface area contributed by atoms with Crippen LogP contribution in [0.5, 0.6) is 5.75 Å². The van der Waals surface area contributed by atoms with Gasteiger partial charge in [-0.15, -0.1) is 0 Å². The zero-order valence-corrected chi connectivity index (χ0v) is 11.7. The van der Waals surface area contributed by atoms with Crippen molar-refractivity contribution >= 4 is 66.7 Å². The number of ether oxygens (including phenoxy) is 1. The van der Waals surface area contributed by atoms with Gasteiger partial charge in [-0.2, -0.15) is 0 Å². The maximum absolute atomic E-state index is 5.87. The van der Waals surface area contributed by atoms with Crippen LogP contribution >= 0.6 is 66.7 Å². The summed E-state index contributed by atoms with van der Waals surface area (Å²) >= 11 is 24.1. The van der Waals surface area contributed by atoms with Crippen molar-refractivity contribution in [1.29, 1.82) is 0 Å². The molecule has 0 aliphatic heterocycles. The lowest BCUT2D eigenvalue weighted by molar-refractivity contribution is 0.409. The van der Waals surface area contributed by atoms with Crippen LogP contribution in [0.25, 0.3) is 0 Å². The second kappa shape index (κ2) is 4.58. The molecule has 0 amide bonds. The minimum atomic E-state index is 0.294. The Balaban J connectivity index is 3.56. The third-order valence-corrected chi connectivity index (χ3v) is 4.67. The predicted octanol–water partition coefficient (Wildman–Crippen LogP) is 5.18. The molecule has 1 aromatic carbocycles. The fraction of sp³-hybridized carbons (Fsp3) is 0.143. The van der Waals surface area contributed by atoms with Gasteiger partial charge < -0.3 is 4.74 Å². The summed E-state index contributed by atoms with van der Waals surface area (Å²) in [7, 11) is 1.52. The van der Waals surface area contributed by atoms with E-state index in [1.54, 1.807) is 0 Å². The Morgan fingerprint density at radius 2 is 1.31 bits per heavy atom. The highest BCUT2D eigenvalue weighted by Gasteiger charge is 2.18. The first-order valence-electron chi connectivity index (χ1n) is 3.06. The number of methoxy groups -OCH3 is 1. The highest BCUT2D eigenvalue weighted by atomic mass is 79.9. The SMILES string of the molecule is COc1c(Br)c(Cl)c(Cl)c(Cl)c1Br. The van der Waals surface area contributed by atoms with Crippen molar-refractivity contribution in [3.8, 4) is 5.75 Å². The minimum absolute atomic E-state index is 0.294. The van der Waals surface area contributed by atoms with Crippen molar-refractivity contribution in [3.05, 3.63) is 24.0 Å². The van der Waals surface area contributed by atoms with Gasteiger partial charge in [0.2, 0.25) is 0 Å². The summed E-state index contributed by atoms with van der Waals surface area (Å²) in [6.45, 7) is 0. The molecule has 0 heterocycles. The van der Waals surface area contributed by atoms with Crippen LogP contribution in [0.3, 0.4) is 0 Å². The van der Waals surface area contributed by atoms with Gasteiger partial charge in [-0.25, -0.2) is 0 Å². The molecule has 0 aliphatic carbocycles. The van der Waals surface area contributed by atoms with E-state index in [1.165, 1.54) is 7.11 Å². The van der Waals surface area contributed by atoms with Crippen LogP contribution in [0.4, 0.5) is 0 Å². The second-order valence-corrected chi connectivity index (χ2v) is 4.82. The molecule has 13 heavy (non-hydrogen) atoms. The van der Waals surface area contributed by atoms with E-state index in [9.17, 15) is 0 Å². The Morgan fingerprint density at radius 1 is 0.923 bits per heavy atom. The molecule has 0 aromatic heterocycles. The van der Waals surface area contributed by atoms with Crippen LogP contribution in [-0.2, 0) is 0 Å². The Kier molecular flexibility index (Phi) is 4.20. The topological polar surface area (TPSA) is 9.23 Å². The van der Waals surface area contributed by atoms with Crippen LogP contribution in [-0.4, -0.2) is 7.11 Å². The zero-order chi connectivity index (χ0) is 10.2. The summed E-state index contributed by atoms with van der Waals surface area (Å²) in [6, 6.07) is 0. The van der Waals surface area contributed by atoms with Crippen LogP contribution in [0.2, 0.25) is 15.1 Å². The Morgan fingerprint density at radius 3 is 1.62 bits per heavy atom. The third-order valence-electron chi connectivity index (χ3n) is 1.37. The average molecular weight is 369 g/mol. The summed E-state index contributed by atoms with van der Waals surface area (Å²) in [5.41, 5.74) is 0. The van der Waals surface area contributed by atoms with Crippen molar-refractivity contribution in [2.24, 2.45) is 0 Å². The molecule has 0 spiro atoms. The molecule has 0 saturated heterocycles. The smallest absolute Gasteiger partial charge is 0.150 e. The fourth-order valence-electron chi connectivity index (χ4n) is 0.764. The molecule has 0 atom stereocenters. The summed E-state index contributed by atoms with van der Waals surface area (Å²) in [6.07, 6.45) is 0. The maximum atomic E-state index is 5.87. The van der Waals surface area contributed by atoms with E-state index in [4.69, 9.17) is 39.5 Å². The normalized spacial score (nSPS) is 10.3. The van der Waals surface area contributed by atoms with Crippen LogP contribution in [0, 0.1) is 0 Å². The molecule has 6 heteroatoms. The van der Waals surface area contributed by atoms with E-state index in [-0.39, 0.29) is 0 Å². The predicted molar refractivity (Wildman–Crippen MR) is 63.4 cm³/mol. The lowest BCUT2D eigenvalue weighted by atomic mass is 10.3. The van der Waals surface area contributed by atoms with Gasteiger partial charge in [0.15, 0.2) is 0 Å². The van der Waals surface area contributed by atoms with Crippen molar-refractivity contribution in [3.63, 3.8) is 0 Å². The maximum Gasteiger partial charge on any atom is 0.150 e. The quantitative estimate of drug-likeness (QED) is 0.490. The molecule has 1 nitrogen and oxygen atoms in total. The zero-order valence-electron chi connectivity index (χ0n) is 6.30. The fourth-order valence-corrected chi connectivity index (χ4v) is 2.97. The van der Waals surface area contributed by atoms with Crippen molar-refractivity contribution < 1.29 is 4.74 Å². The first-order chi connectivity index (χ1) is 6.00. The highest BCUT2D eigenvalue weighted by molar-refractivity contribution is 9.11. The summed E-state index contributed by atoms with van der Waals surface area (Å²) in [4.78, 5) is 0. The largest absolute Gasteiger partial charge is 0.494 e. The molecule has 0 saturated carbocycles. The van der Waals surface area contributed by atoms with Crippen molar-refractivity contribution in [2.45, 2.75) is 0 Å². The first kappa shape index (κ1) is 11.9. The molecule has 1 rings (SSSR count). The molecule has 0 bridgehead atoms. The van der Waals surface area contributed by atoms with E-state index >= 15 is 0 Å². The lowest BCUT2D eigenvalue weighted by Crippen LogP contribution is -1.89. The number of hydrogen-bond acceptors (Lipinski definition) is 1. The Bertz CT molecular complexity index is 325. The first-order valence-corrected chi connectivity index (χ1v) is 5.78. The number of benzene rings is 1.